The summed E-state index contributed by atoms with van der Waals surface area (Å²) < 4.78 is 37.9. The molecule has 1 nitrogen and oxygen atoms in total. The molecule has 4 heteroatoms. The van der Waals surface area contributed by atoms with Gasteiger partial charge in [0.1, 0.15) is 0 Å². The minimum atomic E-state index is -4.05. The smallest absolute Gasteiger partial charge is 0.391 e. The Hall–Kier alpha value is -0.250. The Balaban J connectivity index is 1.79. The molecule has 0 aromatic rings. The van der Waals surface area contributed by atoms with Crippen molar-refractivity contribution in [2.24, 2.45) is 23.7 Å². The number of hydrogen-bond donors (Lipinski definition) is 1. The fourth-order valence-electron chi connectivity index (χ4n) is 4.11. The lowest BCUT2D eigenvalue weighted by Gasteiger charge is -2.38. The van der Waals surface area contributed by atoms with Gasteiger partial charge >= 0.3 is 6.18 Å². The van der Waals surface area contributed by atoms with Gasteiger partial charge in [0, 0.05) is 0 Å². The fourth-order valence-corrected chi connectivity index (χ4v) is 4.11. The number of aliphatic hydroxyl groups is 1. The summed E-state index contributed by atoms with van der Waals surface area (Å²) in [5, 5.41) is 10.5. The molecular formula is C16H27F3O. The number of halogens is 3. The Kier molecular flexibility index (Phi) is 5.38. The standard InChI is InChI=1S/C16H27F3O/c1-2-11-3-5-12(6-4-11)15(20)13-7-9-14(10-8-13)16(17,18)19/h11-15,20H,2-10H2,1H3. The topological polar surface area (TPSA) is 20.2 Å². The van der Waals surface area contributed by atoms with Crippen LogP contribution in [-0.2, 0) is 0 Å². The van der Waals surface area contributed by atoms with E-state index in [2.05, 4.69) is 6.92 Å². The van der Waals surface area contributed by atoms with Crippen molar-refractivity contribution < 1.29 is 18.3 Å². The Morgan fingerprint density at radius 1 is 0.900 bits per heavy atom. The van der Waals surface area contributed by atoms with Crippen LogP contribution in [0.5, 0.6) is 0 Å². The molecule has 2 saturated carbocycles. The maximum absolute atomic E-state index is 12.6. The van der Waals surface area contributed by atoms with Gasteiger partial charge < -0.3 is 5.11 Å². The van der Waals surface area contributed by atoms with Crippen LogP contribution >= 0.6 is 0 Å². The monoisotopic (exact) mass is 292 g/mol. The van der Waals surface area contributed by atoms with Crippen LogP contribution < -0.4 is 0 Å². The summed E-state index contributed by atoms with van der Waals surface area (Å²) in [6.45, 7) is 2.21. The van der Waals surface area contributed by atoms with Gasteiger partial charge in [-0.2, -0.15) is 13.2 Å². The zero-order valence-electron chi connectivity index (χ0n) is 12.3. The van der Waals surface area contributed by atoms with Crippen molar-refractivity contribution in [2.45, 2.75) is 77.0 Å². The van der Waals surface area contributed by atoms with Crippen molar-refractivity contribution in [3.63, 3.8) is 0 Å². The minimum Gasteiger partial charge on any atom is -0.393 e. The van der Waals surface area contributed by atoms with Crippen molar-refractivity contribution in [3.8, 4) is 0 Å². The van der Waals surface area contributed by atoms with E-state index in [4.69, 9.17) is 0 Å². The van der Waals surface area contributed by atoms with Crippen LogP contribution in [0.25, 0.3) is 0 Å². The van der Waals surface area contributed by atoms with Crippen molar-refractivity contribution >= 4 is 0 Å². The Morgan fingerprint density at radius 3 is 1.75 bits per heavy atom. The molecule has 2 rings (SSSR count). The number of hydrogen-bond acceptors (Lipinski definition) is 1. The van der Waals surface area contributed by atoms with Crippen LogP contribution in [0.4, 0.5) is 13.2 Å². The fraction of sp³-hybridized carbons (Fsp3) is 1.00. The lowest BCUT2D eigenvalue weighted by molar-refractivity contribution is -0.186. The predicted octanol–water partition coefficient (Wildman–Crippen LogP) is 4.93. The van der Waals surface area contributed by atoms with Gasteiger partial charge in [-0.15, -0.1) is 0 Å². The molecule has 1 N–H and O–H groups in total. The van der Waals surface area contributed by atoms with Gasteiger partial charge in [-0.25, -0.2) is 0 Å². The van der Waals surface area contributed by atoms with Crippen LogP contribution in [0.3, 0.4) is 0 Å². The number of aliphatic hydroxyl groups excluding tert-OH is 1. The third kappa shape index (κ3) is 3.90. The van der Waals surface area contributed by atoms with E-state index in [1.807, 2.05) is 0 Å². The SMILES string of the molecule is CCC1CCC(C(O)C2CCC(C(F)(F)F)CC2)CC1. The molecule has 0 bridgehead atoms. The second kappa shape index (κ2) is 6.67. The zero-order chi connectivity index (χ0) is 14.8. The van der Waals surface area contributed by atoms with Gasteiger partial charge in [0.25, 0.3) is 0 Å². The van der Waals surface area contributed by atoms with E-state index in [0.717, 1.165) is 18.8 Å². The molecule has 1 atom stereocenters. The van der Waals surface area contributed by atoms with Crippen molar-refractivity contribution in [1.29, 1.82) is 0 Å². The van der Waals surface area contributed by atoms with E-state index in [1.54, 1.807) is 0 Å². The number of rotatable bonds is 3. The first kappa shape index (κ1) is 16.1. The van der Waals surface area contributed by atoms with Crippen LogP contribution in [0.2, 0.25) is 0 Å². The van der Waals surface area contributed by atoms with E-state index in [-0.39, 0.29) is 24.9 Å². The average molecular weight is 292 g/mol. The van der Waals surface area contributed by atoms with E-state index >= 15 is 0 Å². The van der Waals surface area contributed by atoms with Gasteiger partial charge in [-0.3, -0.25) is 0 Å². The summed E-state index contributed by atoms with van der Waals surface area (Å²) in [5.74, 6) is 0.0724. The molecule has 0 amide bonds. The molecule has 0 spiro atoms. The van der Waals surface area contributed by atoms with Crippen molar-refractivity contribution in [3.05, 3.63) is 0 Å². The molecule has 2 aliphatic rings. The first-order valence-corrected chi connectivity index (χ1v) is 8.16. The van der Waals surface area contributed by atoms with Gasteiger partial charge in [0.05, 0.1) is 12.0 Å². The molecule has 2 aliphatic carbocycles. The van der Waals surface area contributed by atoms with E-state index < -0.39 is 12.1 Å². The first-order valence-electron chi connectivity index (χ1n) is 8.16. The van der Waals surface area contributed by atoms with Gasteiger partial charge in [0.15, 0.2) is 0 Å². The summed E-state index contributed by atoms with van der Waals surface area (Å²) >= 11 is 0. The number of alkyl halides is 3. The second-order valence-corrected chi connectivity index (χ2v) is 6.83. The molecule has 1 unspecified atom stereocenters. The van der Waals surface area contributed by atoms with Gasteiger partial charge in [0.2, 0.25) is 0 Å². The molecule has 20 heavy (non-hydrogen) atoms. The van der Waals surface area contributed by atoms with Gasteiger partial charge in [-0.05, 0) is 56.3 Å². The maximum atomic E-state index is 12.6. The van der Waals surface area contributed by atoms with Crippen LogP contribution in [0, 0.1) is 23.7 Å². The van der Waals surface area contributed by atoms with Crippen LogP contribution in [0.1, 0.15) is 64.7 Å². The maximum Gasteiger partial charge on any atom is 0.391 e. The first-order chi connectivity index (χ1) is 9.41. The lowest BCUT2D eigenvalue weighted by atomic mass is 9.71. The molecule has 0 aliphatic heterocycles. The highest BCUT2D eigenvalue weighted by Gasteiger charge is 2.43. The Morgan fingerprint density at radius 2 is 1.35 bits per heavy atom. The van der Waals surface area contributed by atoms with E-state index in [9.17, 15) is 18.3 Å². The highest BCUT2D eigenvalue weighted by atomic mass is 19.4. The summed E-state index contributed by atoms with van der Waals surface area (Å²) in [5.41, 5.74) is 0. The Labute approximate surface area is 119 Å². The summed E-state index contributed by atoms with van der Waals surface area (Å²) in [6.07, 6.45) is 2.74. The highest BCUT2D eigenvalue weighted by Crippen LogP contribution is 2.43. The molecule has 0 aromatic heterocycles. The van der Waals surface area contributed by atoms with Crippen LogP contribution in [-0.4, -0.2) is 17.4 Å². The lowest BCUT2D eigenvalue weighted by Crippen LogP contribution is -2.36. The highest BCUT2D eigenvalue weighted by molar-refractivity contribution is 4.85. The second-order valence-electron chi connectivity index (χ2n) is 6.83. The van der Waals surface area contributed by atoms with E-state index in [1.165, 1.54) is 19.3 Å². The van der Waals surface area contributed by atoms with Crippen molar-refractivity contribution in [2.75, 3.05) is 0 Å². The zero-order valence-corrected chi connectivity index (χ0v) is 12.3. The van der Waals surface area contributed by atoms with E-state index in [0.29, 0.717) is 18.8 Å². The molecular weight excluding hydrogens is 265 g/mol. The third-order valence-electron chi connectivity index (χ3n) is 5.67. The summed E-state index contributed by atoms with van der Waals surface area (Å²) in [6, 6.07) is 0. The normalized spacial score (nSPS) is 37.6. The predicted molar refractivity (Wildman–Crippen MR) is 73.2 cm³/mol. The third-order valence-corrected chi connectivity index (χ3v) is 5.67. The van der Waals surface area contributed by atoms with Gasteiger partial charge in [-0.1, -0.05) is 26.2 Å². The average Bonchev–Trinajstić information content (AvgIpc) is 2.46. The molecule has 0 saturated heterocycles. The summed E-state index contributed by atoms with van der Waals surface area (Å²) in [4.78, 5) is 0. The molecule has 118 valence electrons. The van der Waals surface area contributed by atoms with Crippen molar-refractivity contribution in [1.82, 2.24) is 0 Å². The minimum absolute atomic E-state index is 0.0942. The summed E-state index contributed by atoms with van der Waals surface area (Å²) in [7, 11) is 0. The molecule has 0 aromatic carbocycles. The Bertz CT molecular complexity index is 287. The largest absolute Gasteiger partial charge is 0.393 e. The molecule has 0 heterocycles. The molecule has 0 radical (unpaired) electrons. The van der Waals surface area contributed by atoms with Crippen LogP contribution in [0.15, 0.2) is 0 Å². The molecule has 2 fully saturated rings. The quantitative estimate of drug-likeness (QED) is 0.781.